The summed E-state index contributed by atoms with van der Waals surface area (Å²) in [5.41, 5.74) is 10.4. The maximum absolute atomic E-state index is 6.20. The molecule has 0 aromatic carbocycles. The third-order valence-corrected chi connectivity index (χ3v) is 5.66. The van der Waals surface area contributed by atoms with Crippen LogP contribution in [0.2, 0.25) is 0 Å². The van der Waals surface area contributed by atoms with Gasteiger partial charge in [-0.25, -0.2) is 9.50 Å². The van der Waals surface area contributed by atoms with Gasteiger partial charge >= 0.3 is 0 Å². The molecule has 0 aliphatic carbocycles. The second-order valence-electron chi connectivity index (χ2n) is 8.30. The van der Waals surface area contributed by atoms with E-state index in [2.05, 4.69) is 44.2 Å². The fourth-order valence-corrected chi connectivity index (χ4v) is 4.10. The molecule has 32 heavy (non-hydrogen) atoms. The summed E-state index contributed by atoms with van der Waals surface area (Å²) in [7, 11) is 3.89. The number of aliphatic imine (C=N–C) groups is 1. The van der Waals surface area contributed by atoms with Crippen LogP contribution in [0.1, 0.15) is 18.2 Å². The number of likely N-dealkylation sites (N-methyl/N-ethyl adjacent to an activating group) is 1. The number of nitrogens with one attached hydrogen (secondary N) is 1. The Balaban J connectivity index is 1.51. The standard InChI is InChI=1S/C23H30N8O/c1-15-12-30(4)13-20(15)32-14-18(9-24)23(25-3)17-5-6-31-19(7-17)8-21(29-31)28-22-11-26-10-16(2)27-22/h5-11,15,20H,12-14,24H2,1-4H3,(H,27,28,29)/b18-9-,25-23?/t15-,20+/m1/s1. The van der Waals surface area contributed by atoms with Crippen LogP contribution in [0.15, 0.2) is 53.6 Å². The summed E-state index contributed by atoms with van der Waals surface area (Å²) in [6.45, 7) is 6.52. The Bertz CT molecular complexity index is 1150. The van der Waals surface area contributed by atoms with Crippen molar-refractivity contribution in [2.75, 3.05) is 39.1 Å². The van der Waals surface area contributed by atoms with Gasteiger partial charge in [0, 0.05) is 55.9 Å². The minimum absolute atomic E-state index is 0.198. The first-order chi connectivity index (χ1) is 15.5. The van der Waals surface area contributed by atoms with E-state index < -0.39 is 0 Å². The maximum atomic E-state index is 6.20. The molecule has 0 radical (unpaired) electrons. The predicted molar refractivity (Wildman–Crippen MR) is 126 cm³/mol. The minimum atomic E-state index is 0.198. The zero-order valence-electron chi connectivity index (χ0n) is 19.0. The average molecular weight is 435 g/mol. The summed E-state index contributed by atoms with van der Waals surface area (Å²) < 4.78 is 8.01. The number of hydrogen-bond acceptors (Lipinski definition) is 8. The second kappa shape index (κ2) is 9.46. The molecule has 0 unspecified atom stereocenters. The summed E-state index contributed by atoms with van der Waals surface area (Å²) in [6.07, 6.45) is 7.08. The molecule has 1 aliphatic rings. The Morgan fingerprint density at radius 3 is 2.84 bits per heavy atom. The van der Waals surface area contributed by atoms with Crippen LogP contribution in [0.3, 0.4) is 0 Å². The number of nitrogens with two attached hydrogens (primary N) is 1. The van der Waals surface area contributed by atoms with Crippen molar-refractivity contribution in [3.63, 3.8) is 0 Å². The number of pyridine rings is 1. The van der Waals surface area contributed by atoms with Gasteiger partial charge in [0.1, 0.15) is 5.82 Å². The van der Waals surface area contributed by atoms with E-state index in [1.54, 1.807) is 30.2 Å². The number of rotatable bonds is 7. The summed E-state index contributed by atoms with van der Waals surface area (Å²) >= 11 is 0. The number of fused-ring (bicyclic) bond motifs is 1. The SMILES string of the molecule is CN=C(/C(=C\N)CO[C@H]1CN(C)C[C@H]1C)c1ccn2nc(Nc3cncc(C)n3)cc2c1. The summed E-state index contributed by atoms with van der Waals surface area (Å²) in [4.78, 5) is 15.4. The molecule has 168 valence electrons. The third kappa shape index (κ3) is 4.79. The molecular formula is C23H30N8O. The molecule has 9 heteroatoms. The lowest BCUT2D eigenvalue weighted by atomic mass is 10.0. The van der Waals surface area contributed by atoms with Gasteiger partial charge < -0.3 is 20.7 Å². The van der Waals surface area contributed by atoms with Gasteiger partial charge in [0.15, 0.2) is 5.82 Å². The smallest absolute Gasteiger partial charge is 0.154 e. The van der Waals surface area contributed by atoms with Crippen molar-refractivity contribution in [3.8, 4) is 0 Å². The van der Waals surface area contributed by atoms with Gasteiger partial charge in [0.2, 0.25) is 0 Å². The van der Waals surface area contributed by atoms with E-state index in [9.17, 15) is 0 Å². The van der Waals surface area contributed by atoms with Crippen molar-refractivity contribution in [1.82, 2.24) is 24.5 Å². The van der Waals surface area contributed by atoms with Crippen LogP contribution in [-0.4, -0.2) is 70.1 Å². The zero-order valence-corrected chi connectivity index (χ0v) is 19.0. The van der Waals surface area contributed by atoms with E-state index in [1.807, 2.05) is 31.3 Å². The number of hydrogen-bond donors (Lipinski definition) is 2. The van der Waals surface area contributed by atoms with E-state index in [1.165, 1.54) is 0 Å². The number of aromatic nitrogens is 4. The van der Waals surface area contributed by atoms with Gasteiger partial charge in [-0.1, -0.05) is 6.92 Å². The average Bonchev–Trinajstić information content (AvgIpc) is 3.31. The molecule has 1 saturated heterocycles. The summed E-state index contributed by atoms with van der Waals surface area (Å²) in [6, 6.07) is 5.98. The van der Waals surface area contributed by atoms with Crippen LogP contribution in [0.5, 0.6) is 0 Å². The Labute approximate surface area is 188 Å². The molecule has 4 rings (SSSR count). The summed E-state index contributed by atoms with van der Waals surface area (Å²) in [5.74, 6) is 1.84. The molecule has 9 nitrogen and oxygen atoms in total. The van der Waals surface area contributed by atoms with Crippen LogP contribution in [-0.2, 0) is 4.74 Å². The largest absolute Gasteiger partial charge is 0.404 e. The quantitative estimate of drug-likeness (QED) is 0.550. The van der Waals surface area contributed by atoms with Crippen molar-refractivity contribution >= 4 is 22.9 Å². The molecule has 0 bridgehead atoms. The lowest BCUT2D eigenvalue weighted by molar-refractivity contribution is 0.0565. The molecule has 3 N–H and O–H groups in total. The van der Waals surface area contributed by atoms with Crippen LogP contribution >= 0.6 is 0 Å². The third-order valence-electron chi connectivity index (χ3n) is 5.66. The highest BCUT2D eigenvalue weighted by Crippen LogP contribution is 2.21. The van der Waals surface area contributed by atoms with Crippen LogP contribution in [0.4, 0.5) is 11.6 Å². The topological polar surface area (TPSA) is 106 Å². The number of aryl methyl sites for hydroxylation is 1. The zero-order chi connectivity index (χ0) is 22.7. The molecule has 3 aromatic rings. The summed E-state index contributed by atoms with van der Waals surface area (Å²) in [5, 5.41) is 7.76. The Morgan fingerprint density at radius 1 is 1.31 bits per heavy atom. The molecule has 0 amide bonds. The molecule has 0 spiro atoms. The number of likely N-dealkylation sites (tertiary alicyclic amines) is 1. The van der Waals surface area contributed by atoms with E-state index in [4.69, 9.17) is 10.5 Å². The number of nitrogens with zero attached hydrogens (tertiary/aromatic N) is 6. The van der Waals surface area contributed by atoms with Gasteiger partial charge in [-0.15, -0.1) is 0 Å². The van der Waals surface area contributed by atoms with Crippen molar-refractivity contribution in [3.05, 3.63) is 59.8 Å². The Kier molecular flexibility index (Phi) is 6.48. The van der Waals surface area contributed by atoms with Gasteiger partial charge in [-0.3, -0.25) is 9.98 Å². The normalized spacial score (nSPS) is 20.2. The minimum Gasteiger partial charge on any atom is -0.404 e. The van der Waals surface area contributed by atoms with E-state index in [0.717, 1.165) is 41.1 Å². The van der Waals surface area contributed by atoms with Crippen molar-refractivity contribution in [2.45, 2.75) is 20.0 Å². The highest BCUT2D eigenvalue weighted by Gasteiger charge is 2.28. The first-order valence-electron chi connectivity index (χ1n) is 10.7. The molecule has 3 aromatic heterocycles. The van der Waals surface area contributed by atoms with E-state index in [0.29, 0.717) is 24.2 Å². The maximum Gasteiger partial charge on any atom is 0.154 e. The van der Waals surface area contributed by atoms with Crippen molar-refractivity contribution in [2.24, 2.45) is 16.6 Å². The van der Waals surface area contributed by atoms with Crippen LogP contribution in [0.25, 0.3) is 5.52 Å². The first kappa shape index (κ1) is 21.9. The number of ether oxygens (including phenoxy) is 1. The second-order valence-corrected chi connectivity index (χ2v) is 8.30. The fourth-order valence-electron chi connectivity index (χ4n) is 4.10. The molecule has 1 fully saturated rings. The lowest BCUT2D eigenvalue weighted by Gasteiger charge is -2.18. The van der Waals surface area contributed by atoms with Gasteiger partial charge in [-0.05, 0) is 32.0 Å². The first-order valence-corrected chi connectivity index (χ1v) is 10.7. The number of anilines is 2. The highest BCUT2D eigenvalue weighted by molar-refractivity contribution is 6.13. The fraction of sp³-hybridized carbons (Fsp3) is 0.391. The molecule has 1 aliphatic heterocycles. The van der Waals surface area contributed by atoms with Crippen molar-refractivity contribution < 1.29 is 4.74 Å². The molecule has 4 heterocycles. The Morgan fingerprint density at radius 2 is 2.16 bits per heavy atom. The lowest BCUT2D eigenvalue weighted by Crippen LogP contribution is -2.24. The molecular weight excluding hydrogens is 404 g/mol. The van der Waals surface area contributed by atoms with Crippen LogP contribution in [0, 0.1) is 12.8 Å². The van der Waals surface area contributed by atoms with Gasteiger partial charge in [0.25, 0.3) is 0 Å². The van der Waals surface area contributed by atoms with Gasteiger partial charge in [-0.2, -0.15) is 5.10 Å². The Hall–Kier alpha value is -3.30. The predicted octanol–water partition coefficient (Wildman–Crippen LogP) is 2.40. The van der Waals surface area contributed by atoms with E-state index in [-0.39, 0.29) is 6.10 Å². The highest BCUT2D eigenvalue weighted by atomic mass is 16.5. The van der Waals surface area contributed by atoms with Crippen molar-refractivity contribution in [1.29, 1.82) is 0 Å². The molecule has 2 atom stereocenters. The van der Waals surface area contributed by atoms with E-state index >= 15 is 0 Å². The van der Waals surface area contributed by atoms with Gasteiger partial charge in [0.05, 0.1) is 35.8 Å². The molecule has 0 saturated carbocycles. The monoisotopic (exact) mass is 434 g/mol. The van der Waals surface area contributed by atoms with Crippen LogP contribution < -0.4 is 11.1 Å².